The molecule has 0 aliphatic carbocycles. The van der Waals surface area contributed by atoms with Crippen LogP contribution in [0.25, 0.3) is 0 Å². The molecule has 1 atom stereocenters. The number of amides is 1. The van der Waals surface area contributed by atoms with Gasteiger partial charge in [0.05, 0.1) is 5.92 Å². The van der Waals surface area contributed by atoms with Crippen LogP contribution in [0.4, 0.5) is 5.82 Å². The highest BCUT2D eigenvalue weighted by Gasteiger charge is 2.22. The number of hydrogen-bond donors (Lipinski definition) is 3. The van der Waals surface area contributed by atoms with Gasteiger partial charge in [-0.15, -0.1) is 0 Å². The van der Waals surface area contributed by atoms with E-state index < -0.39 is 0 Å². The molecule has 2 rings (SSSR count). The molecule has 100 valence electrons. The molecule has 0 aromatic carbocycles. The first-order chi connectivity index (χ1) is 8.47. The van der Waals surface area contributed by atoms with E-state index in [1.807, 2.05) is 6.07 Å². The highest BCUT2D eigenvalue weighted by Crippen LogP contribution is 2.22. The summed E-state index contributed by atoms with van der Waals surface area (Å²) in [6.07, 6.45) is 2.02. The van der Waals surface area contributed by atoms with Crippen LogP contribution in [0.1, 0.15) is 39.3 Å². The Labute approximate surface area is 108 Å². The molecular formula is C13H22N4O. The van der Waals surface area contributed by atoms with E-state index in [1.165, 1.54) is 0 Å². The van der Waals surface area contributed by atoms with E-state index in [9.17, 15) is 4.79 Å². The predicted octanol–water partition coefficient (Wildman–Crippen LogP) is 1.65. The van der Waals surface area contributed by atoms with Gasteiger partial charge in [0.15, 0.2) is 5.82 Å². The van der Waals surface area contributed by atoms with Crippen molar-refractivity contribution < 1.29 is 4.79 Å². The maximum absolute atomic E-state index is 12.0. The molecule has 1 aliphatic rings. The SMILES string of the molecule is CC(C)(C)c1cc(NC(=O)[C@H]2CCCNC2)n[nH]1. The van der Waals surface area contributed by atoms with Crippen LogP contribution in [0, 0.1) is 5.92 Å². The Kier molecular flexibility index (Phi) is 3.71. The van der Waals surface area contributed by atoms with E-state index in [-0.39, 0.29) is 17.2 Å². The number of hydrogen-bond acceptors (Lipinski definition) is 3. The van der Waals surface area contributed by atoms with E-state index in [2.05, 4.69) is 41.6 Å². The molecule has 5 nitrogen and oxygen atoms in total. The second kappa shape index (κ2) is 5.10. The summed E-state index contributed by atoms with van der Waals surface area (Å²) in [6, 6.07) is 1.91. The smallest absolute Gasteiger partial charge is 0.229 e. The highest BCUT2D eigenvalue weighted by molar-refractivity contribution is 5.91. The van der Waals surface area contributed by atoms with Crippen molar-refractivity contribution in [2.24, 2.45) is 5.92 Å². The van der Waals surface area contributed by atoms with Crippen molar-refractivity contribution in [2.45, 2.75) is 39.0 Å². The molecule has 1 fully saturated rings. The molecule has 1 aliphatic heterocycles. The van der Waals surface area contributed by atoms with Gasteiger partial charge in [0.2, 0.25) is 5.91 Å². The average Bonchev–Trinajstić information content (AvgIpc) is 2.78. The van der Waals surface area contributed by atoms with Gasteiger partial charge in [0.25, 0.3) is 0 Å². The molecule has 1 aromatic heterocycles. The van der Waals surface area contributed by atoms with Gasteiger partial charge < -0.3 is 10.6 Å². The molecule has 1 aromatic rings. The number of piperidine rings is 1. The quantitative estimate of drug-likeness (QED) is 0.747. The van der Waals surface area contributed by atoms with Crippen molar-refractivity contribution >= 4 is 11.7 Å². The molecule has 3 N–H and O–H groups in total. The van der Waals surface area contributed by atoms with Crippen molar-refractivity contribution in [3.8, 4) is 0 Å². The Morgan fingerprint density at radius 1 is 1.50 bits per heavy atom. The highest BCUT2D eigenvalue weighted by atomic mass is 16.2. The number of rotatable bonds is 2. The Bertz CT molecular complexity index is 413. The third kappa shape index (κ3) is 3.10. The van der Waals surface area contributed by atoms with Crippen molar-refractivity contribution in [3.05, 3.63) is 11.8 Å². The monoisotopic (exact) mass is 250 g/mol. The molecule has 0 radical (unpaired) electrons. The van der Waals surface area contributed by atoms with Crippen LogP contribution in [-0.4, -0.2) is 29.2 Å². The summed E-state index contributed by atoms with van der Waals surface area (Å²) in [5.74, 6) is 0.748. The molecule has 0 unspecified atom stereocenters. The summed E-state index contributed by atoms with van der Waals surface area (Å²) in [7, 11) is 0. The zero-order valence-electron chi connectivity index (χ0n) is 11.3. The second-order valence-corrected chi connectivity index (χ2v) is 5.95. The lowest BCUT2D eigenvalue weighted by Gasteiger charge is -2.21. The van der Waals surface area contributed by atoms with E-state index >= 15 is 0 Å². The lowest BCUT2D eigenvalue weighted by Crippen LogP contribution is -2.37. The summed E-state index contributed by atoms with van der Waals surface area (Å²) in [6.45, 7) is 8.11. The van der Waals surface area contributed by atoms with Crippen molar-refractivity contribution in [3.63, 3.8) is 0 Å². The fourth-order valence-electron chi connectivity index (χ4n) is 2.07. The van der Waals surface area contributed by atoms with Gasteiger partial charge in [0, 0.05) is 23.7 Å². The standard InChI is InChI=1S/C13H22N4O/c1-13(2,3)10-7-11(17-16-10)15-12(18)9-5-4-6-14-8-9/h7,9,14H,4-6,8H2,1-3H3,(H2,15,16,17,18)/t9-/m0/s1. The second-order valence-electron chi connectivity index (χ2n) is 5.95. The summed E-state index contributed by atoms with van der Waals surface area (Å²) in [4.78, 5) is 12.0. The minimum atomic E-state index is 0.0162. The fraction of sp³-hybridized carbons (Fsp3) is 0.692. The maximum atomic E-state index is 12.0. The van der Waals surface area contributed by atoms with Crippen LogP contribution in [0.3, 0.4) is 0 Å². The molecule has 0 bridgehead atoms. The third-order valence-corrected chi connectivity index (χ3v) is 3.30. The number of aromatic amines is 1. The maximum Gasteiger partial charge on any atom is 0.229 e. The average molecular weight is 250 g/mol. The van der Waals surface area contributed by atoms with Gasteiger partial charge >= 0.3 is 0 Å². The van der Waals surface area contributed by atoms with Crippen LogP contribution in [-0.2, 0) is 10.2 Å². The van der Waals surface area contributed by atoms with Gasteiger partial charge in [-0.3, -0.25) is 9.89 Å². The lowest BCUT2D eigenvalue weighted by molar-refractivity contribution is -0.120. The van der Waals surface area contributed by atoms with Crippen LogP contribution in [0.5, 0.6) is 0 Å². The number of aromatic nitrogens is 2. The van der Waals surface area contributed by atoms with Crippen molar-refractivity contribution in [1.29, 1.82) is 0 Å². The van der Waals surface area contributed by atoms with Crippen LogP contribution < -0.4 is 10.6 Å². The van der Waals surface area contributed by atoms with Gasteiger partial charge in [-0.05, 0) is 19.4 Å². The number of anilines is 1. The number of carbonyl (C=O) groups is 1. The minimum absolute atomic E-state index is 0.0162. The molecular weight excluding hydrogens is 228 g/mol. The molecule has 0 saturated carbocycles. The van der Waals surface area contributed by atoms with Crippen LogP contribution in [0.2, 0.25) is 0 Å². The summed E-state index contributed by atoms with van der Waals surface area (Å²) in [5, 5.41) is 13.2. The first-order valence-electron chi connectivity index (χ1n) is 6.54. The van der Waals surface area contributed by atoms with E-state index in [4.69, 9.17) is 0 Å². The van der Waals surface area contributed by atoms with Crippen molar-refractivity contribution in [1.82, 2.24) is 15.5 Å². The van der Waals surface area contributed by atoms with Crippen LogP contribution >= 0.6 is 0 Å². The topological polar surface area (TPSA) is 69.8 Å². The summed E-state index contributed by atoms with van der Waals surface area (Å²) >= 11 is 0. The van der Waals surface area contributed by atoms with Gasteiger partial charge in [-0.1, -0.05) is 20.8 Å². The zero-order chi connectivity index (χ0) is 13.2. The van der Waals surface area contributed by atoms with Gasteiger partial charge in [-0.2, -0.15) is 5.10 Å². The predicted molar refractivity (Wildman–Crippen MR) is 71.5 cm³/mol. The number of nitrogens with zero attached hydrogens (tertiary/aromatic N) is 1. The zero-order valence-corrected chi connectivity index (χ0v) is 11.3. The number of carbonyl (C=O) groups excluding carboxylic acids is 1. The first kappa shape index (κ1) is 13.1. The number of H-pyrrole nitrogens is 1. The Hall–Kier alpha value is -1.36. The Morgan fingerprint density at radius 2 is 2.28 bits per heavy atom. The normalized spacial score (nSPS) is 20.7. The van der Waals surface area contributed by atoms with E-state index in [0.29, 0.717) is 5.82 Å². The molecule has 1 saturated heterocycles. The number of nitrogens with one attached hydrogen (secondary N) is 3. The fourth-order valence-corrected chi connectivity index (χ4v) is 2.07. The molecule has 1 amide bonds. The molecule has 18 heavy (non-hydrogen) atoms. The lowest BCUT2D eigenvalue weighted by atomic mass is 9.92. The van der Waals surface area contributed by atoms with Gasteiger partial charge in [-0.25, -0.2) is 0 Å². The summed E-state index contributed by atoms with van der Waals surface area (Å²) in [5.41, 5.74) is 1.04. The third-order valence-electron chi connectivity index (χ3n) is 3.30. The van der Waals surface area contributed by atoms with Crippen LogP contribution in [0.15, 0.2) is 6.07 Å². The first-order valence-corrected chi connectivity index (χ1v) is 6.54. The minimum Gasteiger partial charge on any atom is -0.316 e. The van der Waals surface area contributed by atoms with Gasteiger partial charge in [0.1, 0.15) is 0 Å². The molecule has 2 heterocycles. The molecule has 5 heteroatoms. The van der Waals surface area contributed by atoms with Crippen molar-refractivity contribution in [2.75, 3.05) is 18.4 Å². The molecule has 0 spiro atoms. The Balaban J connectivity index is 1.96. The summed E-state index contributed by atoms with van der Waals surface area (Å²) < 4.78 is 0. The van der Waals surface area contributed by atoms with E-state index in [0.717, 1.165) is 31.6 Å². The Morgan fingerprint density at radius 3 is 2.83 bits per heavy atom. The largest absolute Gasteiger partial charge is 0.316 e. The van der Waals surface area contributed by atoms with E-state index in [1.54, 1.807) is 0 Å².